The third-order valence-electron chi connectivity index (χ3n) is 3.47. The van der Waals surface area contributed by atoms with Crippen molar-refractivity contribution in [2.75, 3.05) is 32.8 Å². The third-order valence-corrected chi connectivity index (χ3v) is 3.47. The van der Waals surface area contributed by atoms with E-state index in [1.165, 1.54) is 0 Å². The maximum Gasteiger partial charge on any atom is 0.326 e. The number of hydrogen-bond acceptors (Lipinski definition) is 4. The molecule has 0 aromatic carbocycles. The zero-order valence-corrected chi connectivity index (χ0v) is 11.5. The number of nitrogens with zero attached hydrogens (tertiary/aromatic N) is 2. The second kappa shape index (κ2) is 7.30. The van der Waals surface area contributed by atoms with Crippen LogP contribution in [-0.4, -0.2) is 76.9 Å². The quantitative estimate of drug-likeness (QED) is 0.631. The standard InChI is InChI=1S/C12H23N3O4/c1-3-14-5-6-15(8-9(14)2)12(19)13-10(4-7-16)11(17)18/h9-10,16H,3-8H2,1-2H3,(H,13,19)(H,17,18)/t9?,10-/m1/s1. The number of likely N-dealkylation sites (N-methyl/N-ethyl adjacent to an activating group) is 1. The van der Waals surface area contributed by atoms with E-state index in [9.17, 15) is 9.59 Å². The number of rotatable bonds is 5. The zero-order chi connectivity index (χ0) is 14.4. The van der Waals surface area contributed by atoms with Gasteiger partial charge in [0.05, 0.1) is 0 Å². The van der Waals surface area contributed by atoms with E-state index in [0.29, 0.717) is 13.1 Å². The number of carboxylic acids is 1. The van der Waals surface area contributed by atoms with Gasteiger partial charge in [-0.25, -0.2) is 9.59 Å². The lowest BCUT2D eigenvalue weighted by molar-refractivity contribution is -0.139. The summed E-state index contributed by atoms with van der Waals surface area (Å²) in [6.45, 7) is 6.78. The molecular weight excluding hydrogens is 250 g/mol. The predicted molar refractivity (Wildman–Crippen MR) is 69.9 cm³/mol. The number of hydrogen-bond donors (Lipinski definition) is 3. The Morgan fingerprint density at radius 3 is 2.58 bits per heavy atom. The Bertz CT molecular complexity index is 324. The van der Waals surface area contributed by atoms with Crippen molar-refractivity contribution >= 4 is 12.0 Å². The van der Waals surface area contributed by atoms with Gasteiger partial charge in [-0.05, 0) is 13.5 Å². The fourth-order valence-electron chi connectivity index (χ4n) is 2.28. The summed E-state index contributed by atoms with van der Waals surface area (Å²) in [4.78, 5) is 26.8. The lowest BCUT2D eigenvalue weighted by Crippen LogP contribution is -2.57. The van der Waals surface area contributed by atoms with Crippen molar-refractivity contribution in [3.63, 3.8) is 0 Å². The molecule has 1 aliphatic heterocycles. The van der Waals surface area contributed by atoms with Gasteiger partial charge >= 0.3 is 12.0 Å². The lowest BCUT2D eigenvalue weighted by Gasteiger charge is -2.39. The monoisotopic (exact) mass is 273 g/mol. The van der Waals surface area contributed by atoms with Crippen LogP contribution in [0.3, 0.4) is 0 Å². The number of nitrogens with one attached hydrogen (secondary N) is 1. The summed E-state index contributed by atoms with van der Waals surface area (Å²) in [6.07, 6.45) is 0.0194. The van der Waals surface area contributed by atoms with Crippen LogP contribution < -0.4 is 5.32 Å². The summed E-state index contributed by atoms with van der Waals surface area (Å²) >= 11 is 0. The fraction of sp³-hybridized carbons (Fsp3) is 0.833. The average molecular weight is 273 g/mol. The third kappa shape index (κ3) is 4.36. The molecule has 0 spiro atoms. The van der Waals surface area contributed by atoms with E-state index in [0.717, 1.165) is 13.1 Å². The fourth-order valence-corrected chi connectivity index (χ4v) is 2.28. The second-order valence-corrected chi connectivity index (χ2v) is 4.78. The van der Waals surface area contributed by atoms with Crippen molar-refractivity contribution in [2.24, 2.45) is 0 Å². The highest BCUT2D eigenvalue weighted by atomic mass is 16.4. The summed E-state index contributed by atoms with van der Waals surface area (Å²) < 4.78 is 0. The van der Waals surface area contributed by atoms with Gasteiger partial charge in [-0.1, -0.05) is 6.92 Å². The summed E-state index contributed by atoms with van der Waals surface area (Å²) in [5, 5.41) is 20.2. The van der Waals surface area contributed by atoms with Gasteiger partial charge in [-0.3, -0.25) is 4.90 Å². The molecule has 3 N–H and O–H groups in total. The SMILES string of the molecule is CCN1CCN(C(=O)N[C@H](CCO)C(=O)O)CC1C. The van der Waals surface area contributed by atoms with E-state index >= 15 is 0 Å². The topological polar surface area (TPSA) is 93.1 Å². The highest BCUT2D eigenvalue weighted by Gasteiger charge is 2.28. The molecular formula is C12H23N3O4. The summed E-state index contributed by atoms with van der Waals surface area (Å²) in [6, 6.07) is -1.13. The molecule has 2 atom stereocenters. The van der Waals surface area contributed by atoms with E-state index in [1.54, 1.807) is 4.90 Å². The van der Waals surface area contributed by atoms with Crippen LogP contribution in [0, 0.1) is 0 Å². The lowest BCUT2D eigenvalue weighted by atomic mass is 10.2. The summed E-state index contributed by atoms with van der Waals surface area (Å²) in [5.41, 5.74) is 0. The van der Waals surface area contributed by atoms with Crippen LogP contribution >= 0.6 is 0 Å². The van der Waals surface area contributed by atoms with Crippen molar-refractivity contribution in [3.05, 3.63) is 0 Å². The molecule has 0 radical (unpaired) electrons. The maximum atomic E-state index is 12.0. The molecule has 1 unspecified atom stereocenters. The minimum atomic E-state index is -1.12. The van der Waals surface area contributed by atoms with Gasteiger partial charge in [-0.15, -0.1) is 0 Å². The molecule has 7 nitrogen and oxygen atoms in total. The number of piperazine rings is 1. The minimum absolute atomic E-state index is 0.0194. The Labute approximate surface area is 113 Å². The molecule has 1 aliphatic rings. The predicted octanol–water partition coefficient (Wildman–Crippen LogP) is -0.442. The smallest absolute Gasteiger partial charge is 0.326 e. The number of aliphatic hydroxyl groups is 1. The van der Waals surface area contributed by atoms with Gasteiger partial charge in [-0.2, -0.15) is 0 Å². The number of aliphatic hydroxyl groups excluding tert-OH is 1. The van der Waals surface area contributed by atoms with Crippen LogP contribution in [0.1, 0.15) is 20.3 Å². The van der Waals surface area contributed by atoms with Crippen LogP contribution in [0.5, 0.6) is 0 Å². The van der Waals surface area contributed by atoms with E-state index in [2.05, 4.69) is 17.1 Å². The van der Waals surface area contributed by atoms with Gasteiger partial charge in [0.1, 0.15) is 6.04 Å². The van der Waals surface area contributed by atoms with Crippen molar-refractivity contribution in [1.82, 2.24) is 15.1 Å². The van der Waals surface area contributed by atoms with Gasteiger partial charge in [0.15, 0.2) is 0 Å². The molecule has 0 aromatic rings. The molecule has 0 saturated carbocycles. The zero-order valence-electron chi connectivity index (χ0n) is 11.5. The summed E-state index contributed by atoms with van der Waals surface area (Å²) in [5.74, 6) is -1.12. The molecule has 2 amide bonds. The highest BCUT2D eigenvalue weighted by Crippen LogP contribution is 2.09. The van der Waals surface area contributed by atoms with E-state index in [-0.39, 0.29) is 25.1 Å². The number of amides is 2. The van der Waals surface area contributed by atoms with Gasteiger partial charge in [0.25, 0.3) is 0 Å². The van der Waals surface area contributed by atoms with Gasteiger partial charge in [0, 0.05) is 38.7 Å². The Kier molecular flexibility index (Phi) is 6.04. The Morgan fingerprint density at radius 1 is 1.42 bits per heavy atom. The van der Waals surface area contributed by atoms with Crippen molar-refractivity contribution in [1.29, 1.82) is 0 Å². The first-order valence-corrected chi connectivity index (χ1v) is 6.62. The largest absolute Gasteiger partial charge is 0.480 e. The molecule has 19 heavy (non-hydrogen) atoms. The first kappa shape index (κ1) is 15.7. The van der Waals surface area contributed by atoms with Crippen LogP contribution in [0.2, 0.25) is 0 Å². The van der Waals surface area contributed by atoms with Crippen LogP contribution in [0.15, 0.2) is 0 Å². The Hall–Kier alpha value is -1.34. The van der Waals surface area contributed by atoms with E-state index < -0.39 is 12.0 Å². The molecule has 0 aromatic heterocycles. The molecule has 1 saturated heterocycles. The molecule has 1 heterocycles. The second-order valence-electron chi connectivity index (χ2n) is 4.78. The summed E-state index contributed by atoms with van der Waals surface area (Å²) in [7, 11) is 0. The first-order valence-electron chi connectivity index (χ1n) is 6.62. The van der Waals surface area contributed by atoms with Crippen LogP contribution in [-0.2, 0) is 4.79 Å². The Morgan fingerprint density at radius 2 is 2.11 bits per heavy atom. The minimum Gasteiger partial charge on any atom is -0.480 e. The number of carbonyl (C=O) groups excluding carboxylic acids is 1. The van der Waals surface area contributed by atoms with E-state index in [4.69, 9.17) is 10.2 Å². The average Bonchev–Trinajstić information content (AvgIpc) is 2.37. The van der Waals surface area contributed by atoms with Gasteiger partial charge in [0.2, 0.25) is 0 Å². The number of carbonyl (C=O) groups is 2. The molecule has 7 heteroatoms. The first-order chi connectivity index (χ1) is 8.99. The van der Waals surface area contributed by atoms with Gasteiger partial charge < -0.3 is 20.4 Å². The normalized spacial score (nSPS) is 22.1. The molecule has 0 aliphatic carbocycles. The number of carboxylic acid groups (broad SMARTS) is 1. The van der Waals surface area contributed by atoms with Crippen molar-refractivity contribution in [3.8, 4) is 0 Å². The molecule has 1 fully saturated rings. The molecule has 110 valence electrons. The molecule has 1 rings (SSSR count). The van der Waals surface area contributed by atoms with E-state index in [1.807, 2.05) is 6.92 Å². The molecule has 0 bridgehead atoms. The number of urea groups is 1. The van der Waals surface area contributed by atoms with Crippen LogP contribution in [0.4, 0.5) is 4.79 Å². The van der Waals surface area contributed by atoms with Crippen LogP contribution in [0.25, 0.3) is 0 Å². The Balaban J connectivity index is 2.51. The van der Waals surface area contributed by atoms with Crippen molar-refractivity contribution in [2.45, 2.75) is 32.4 Å². The maximum absolute atomic E-state index is 12.0. The van der Waals surface area contributed by atoms with Crippen molar-refractivity contribution < 1.29 is 19.8 Å². The highest BCUT2D eigenvalue weighted by molar-refractivity contribution is 5.82. The number of aliphatic carboxylic acids is 1.